The van der Waals surface area contributed by atoms with Crippen molar-refractivity contribution in [2.45, 2.75) is 19.9 Å². The molecule has 0 amide bonds. The zero-order chi connectivity index (χ0) is 13.2. The van der Waals surface area contributed by atoms with Gasteiger partial charge >= 0.3 is 0 Å². The second-order valence-electron chi connectivity index (χ2n) is 4.25. The van der Waals surface area contributed by atoms with Crippen LogP contribution in [-0.2, 0) is 13.0 Å². The smallest absolute Gasteiger partial charge is 0.180 e. The number of nitrogen functional groups attached to an aromatic ring is 1. The molecule has 3 heterocycles. The first-order valence-corrected chi connectivity index (χ1v) is 7.04. The molecule has 98 valence electrons. The standard InChI is InChI=1S/C13H15N5S/c1-2-9-3-6-19-10(9)7-16-12-13-15-4-5-18(13)8-11(14)17-12/h3-6,8H,2,7,14H2,1H3,(H,16,17). The number of anilines is 2. The zero-order valence-electron chi connectivity index (χ0n) is 10.6. The van der Waals surface area contributed by atoms with Crippen molar-refractivity contribution in [3.05, 3.63) is 40.5 Å². The maximum atomic E-state index is 5.79. The number of hydrogen-bond acceptors (Lipinski definition) is 5. The minimum absolute atomic E-state index is 0.481. The third-order valence-electron chi connectivity index (χ3n) is 3.03. The predicted octanol–water partition coefficient (Wildman–Crippen LogP) is 2.55. The summed E-state index contributed by atoms with van der Waals surface area (Å²) in [7, 11) is 0. The summed E-state index contributed by atoms with van der Waals surface area (Å²) in [6.45, 7) is 2.91. The van der Waals surface area contributed by atoms with E-state index < -0.39 is 0 Å². The van der Waals surface area contributed by atoms with Crippen molar-refractivity contribution in [2.75, 3.05) is 11.1 Å². The molecule has 3 aromatic rings. The van der Waals surface area contributed by atoms with E-state index in [0.29, 0.717) is 5.82 Å². The number of fused-ring (bicyclic) bond motifs is 1. The molecule has 3 aromatic heterocycles. The SMILES string of the molecule is CCc1ccsc1CNc1nc(N)cn2ccnc12. The quantitative estimate of drug-likeness (QED) is 0.766. The van der Waals surface area contributed by atoms with Crippen LogP contribution >= 0.6 is 11.3 Å². The molecule has 0 unspecified atom stereocenters. The van der Waals surface area contributed by atoms with E-state index in [9.17, 15) is 0 Å². The van der Waals surface area contributed by atoms with Crippen LogP contribution in [0.3, 0.4) is 0 Å². The van der Waals surface area contributed by atoms with Gasteiger partial charge in [0.05, 0.1) is 12.7 Å². The van der Waals surface area contributed by atoms with Crippen LogP contribution in [0.1, 0.15) is 17.4 Å². The van der Waals surface area contributed by atoms with E-state index in [4.69, 9.17) is 5.73 Å². The molecule has 0 aliphatic heterocycles. The Hall–Kier alpha value is -2.08. The Morgan fingerprint density at radius 3 is 3.21 bits per heavy atom. The molecule has 6 heteroatoms. The van der Waals surface area contributed by atoms with Crippen LogP contribution in [0.15, 0.2) is 30.0 Å². The Morgan fingerprint density at radius 2 is 2.37 bits per heavy atom. The van der Waals surface area contributed by atoms with Crippen LogP contribution in [-0.4, -0.2) is 14.4 Å². The lowest BCUT2D eigenvalue weighted by Gasteiger charge is -2.08. The lowest BCUT2D eigenvalue weighted by atomic mass is 10.2. The van der Waals surface area contributed by atoms with Gasteiger partial charge in [0.2, 0.25) is 0 Å². The topological polar surface area (TPSA) is 68.2 Å². The molecule has 0 saturated carbocycles. The summed E-state index contributed by atoms with van der Waals surface area (Å²) >= 11 is 1.76. The van der Waals surface area contributed by atoms with Gasteiger partial charge in [-0.1, -0.05) is 6.92 Å². The number of nitrogens with one attached hydrogen (secondary N) is 1. The molecule has 0 aromatic carbocycles. The first-order chi connectivity index (χ1) is 9.28. The Balaban J connectivity index is 1.87. The lowest BCUT2D eigenvalue weighted by molar-refractivity contribution is 1.05. The van der Waals surface area contributed by atoms with Crippen molar-refractivity contribution < 1.29 is 0 Å². The second kappa shape index (κ2) is 4.89. The van der Waals surface area contributed by atoms with Crippen LogP contribution in [0.2, 0.25) is 0 Å². The van der Waals surface area contributed by atoms with Crippen molar-refractivity contribution in [3.8, 4) is 0 Å². The van der Waals surface area contributed by atoms with E-state index >= 15 is 0 Å². The van der Waals surface area contributed by atoms with Gasteiger partial charge in [0.15, 0.2) is 11.5 Å². The summed E-state index contributed by atoms with van der Waals surface area (Å²) in [4.78, 5) is 9.93. The summed E-state index contributed by atoms with van der Waals surface area (Å²) in [5.74, 6) is 1.20. The van der Waals surface area contributed by atoms with Crippen molar-refractivity contribution in [1.29, 1.82) is 0 Å². The summed E-state index contributed by atoms with van der Waals surface area (Å²) in [5, 5.41) is 5.45. The highest BCUT2D eigenvalue weighted by Gasteiger charge is 2.07. The minimum Gasteiger partial charge on any atom is -0.382 e. The third kappa shape index (κ3) is 2.26. The molecule has 3 rings (SSSR count). The maximum Gasteiger partial charge on any atom is 0.180 e. The van der Waals surface area contributed by atoms with E-state index in [-0.39, 0.29) is 0 Å². The molecule has 0 aliphatic rings. The largest absolute Gasteiger partial charge is 0.382 e. The Labute approximate surface area is 115 Å². The van der Waals surface area contributed by atoms with E-state index in [0.717, 1.165) is 24.4 Å². The van der Waals surface area contributed by atoms with Crippen LogP contribution < -0.4 is 11.1 Å². The summed E-state index contributed by atoms with van der Waals surface area (Å²) in [5.41, 5.74) is 7.96. The van der Waals surface area contributed by atoms with Crippen molar-refractivity contribution >= 4 is 28.6 Å². The first kappa shape index (κ1) is 12.0. The van der Waals surface area contributed by atoms with E-state index in [1.165, 1.54) is 10.4 Å². The van der Waals surface area contributed by atoms with Gasteiger partial charge in [-0.3, -0.25) is 0 Å². The predicted molar refractivity (Wildman–Crippen MR) is 78.4 cm³/mol. The van der Waals surface area contributed by atoms with Gasteiger partial charge in [0.1, 0.15) is 5.82 Å². The average Bonchev–Trinajstić information content (AvgIpc) is 3.03. The Bertz CT molecular complexity index is 700. The molecule has 0 spiro atoms. The van der Waals surface area contributed by atoms with Crippen LogP contribution in [0.5, 0.6) is 0 Å². The van der Waals surface area contributed by atoms with Gasteiger partial charge in [-0.2, -0.15) is 0 Å². The normalized spacial score (nSPS) is 11.0. The first-order valence-electron chi connectivity index (χ1n) is 6.16. The number of rotatable bonds is 4. The van der Waals surface area contributed by atoms with Crippen LogP contribution in [0.25, 0.3) is 5.65 Å². The number of nitrogens with zero attached hydrogens (tertiary/aromatic N) is 3. The number of aromatic nitrogens is 3. The lowest BCUT2D eigenvalue weighted by Crippen LogP contribution is -2.06. The van der Waals surface area contributed by atoms with E-state index in [1.54, 1.807) is 23.7 Å². The van der Waals surface area contributed by atoms with Gasteiger partial charge in [-0.25, -0.2) is 9.97 Å². The summed E-state index contributed by atoms with van der Waals surface area (Å²) in [6, 6.07) is 2.17. The van der Waals surface area contributed by atoms with Gasteiger partial charge < -0.3 is 15.5 Å². The van der Waals surface area contributed by atoms with Crippen molar-refractivity contribution in [3.63, 3.8) is 0 Å². The van der Waals surface area contributed by atoms with Crippen LogP contribution in [0.4, 0.5) is 11.6 Å². The number of aryl methyl sites for hydroxylation is 1. The fraction of sp³-hybridized carbons (Fsp3) is 0.231. The van der Waals surface area contributed by atoms with Crippen LogP contribution in [0, 0.1) is 0 Å². The monoisotopic (exact) mass is 273 g/mol. The fourth-order valence-electron chi connectivity index (χ4n) is 2.07. The number of imidazole rings is 1. The zero-order valence-corrected chi connectivity index (χ0v) is 11.4. The fourth-order valence-corrected chi connectivity index (χ4v) is 2.99. The Kier molecular flexibility index (Phi) is 3.08. The van der Waals surface area contributed by atoms with Gasteiger partial charge in [0, 0.05) is 17.3 Å². The maximum absolute atomic E-state index is 5.79. The second-order valence-corrected chi connectivity index (χ2v) is 5.25. The van der Waals surface area contributed by atoms with Crippen molar-refractivity contribution in [2.24, 2.45) is 0 Å². The minimum atomic E-state index is 0.481. The van der Waals surface area contributed by atoms with Gasteiger partial charge in [-0.15, -0.1) is 11.3 Å². The molecule has 0 aliphatic carbocycles. The Morgan fingerprint density at radius 1 is 1.47 bits per heavy atom. The molecule has 0 bridgehead atoms. The molecule has 0 atom stereocenters. The van der Waals surface area contributed by atoms with Gasteiger partial charge in [-0.05, 0) is 23.4 Å². The molecular formula is C13H15N5S. The molecule has 5 nitrogen and oxygen atoms in total. The molecular weight excluding hydrogens is 258 g/mol. The number of nitrogens with two attached hydrogens (primary N) is 1. The highest BCUT2D eigenvalue weighted by Crippen LogP contribution is 2.20. The molecule has 0 fully saturated rings. The van der Waals surface area contributed by atoms with Crippen molar-refractivity contribution in [1.82, 2.24) is 14.4 Å². The average molecular weight is 273 g/mol. The summed E-state index contributed by atoms with van der Waals surface area (Å²) in [6.07, 6.45) is 6.41. The molecule has 3 N–H and O–H groups in total. The highest BCUT2D eigenvalue weighted by molar-refractivity contribution is 7.10. The molecule has 0 radical (unpaired) electrons. The third-order valence-corrected chi connectivity index (χ3v) is 3.99. The van der Waals surface area contributed by atoms with Gasteiger partial charge in [0.25, 0.3) is 0 Å². The highest BCUT2D eigenvalue weighted by atomic mass is 32.1. The molecule has 19 heavy (non-hydrogen) atoms. The summed E-state index contributed by atoms with van der Waals surface area (Å²) < 4.78 is 1.87. The number of thiophene rings is 1. The van der Waals surface area contributed by atoms with E-state index in [1.807, 2.05) is 10.6 Å². The molecule has 0 saturated heterocycles. The number of hydrogen-bond donors (Lipinski definition) is 2. The van der Waals surface area contributed by atoms with E-state index in [2.05, 4.69) is 33.7 Å².